The van der Waals surface area contributed by atoms with Gasteiger partial charge in [0.2, 0.25) is 11.7 Å². The lowest BCUT2D eigenvalue weighted by Gasteiger charge is -2.11. The fourth-order valence-electron chi connectivity index (χ4n) is 2.27. The minimum Gasteiger partial charge on any atom is -0.485 e. The topological polar surface area (TPSA) is 78.0 Å². The van der Waals surface area contributed by atoms with Crippen LogP contribution in [0.15, 0.2) is 41.2 Å². The Kier molecular flexibility index (Phi) is 5.39. The Morgan fingerprint density at radius 1 is 1.32 bits per heavy atom. The van der Waals surface area contributed by atoms with Crippen LogP contribution in [0.1, 0.15) is 24.2 Å². The molecule has 0 spiro atoms. The number of aryl methyl sites for hydroxylation is 1. The molecule has 3 aromatic rings. The van der Waals surface area contributed by atoms with Crippen LogP contribution in [0.5, 0.6) is 5.75 Å². The van der Waals surface area contributed by atoms with E-state index in [9.17, 15) is 4.39 Å². The summed E-state index contributed by atoms with van der Waals surface area (Å²) in [5.41, 5.74) is 1.13. The quantitative estimate of drug-likeness (QED) is 0.676. The van der Waals surface area contributed by atoms with Crippen molar-refractivity contribution < 1.29 is 13.7 Å². The fourth-order valence-corrected chi connectivity index (χ4v) is 2.27. The molecule has 2 aromatic heterocycles. The van der Waals surface area contributed by atoms with E-state index in [1.54, 1.807) is 12.1 Å². The molecule has 0 aliphatic rings. The summed E-state index contributed by atoms with van der Waals surface area (Å²) in [4.78, 5) is 4.26. The SMILES string of the molecule is Cc1cnn(C[C@@H](C)NCc2nc(COc3ccc(F)cc3)no2)c1. The molecule has 8 heteroatoms. The molecule has 0 aliphatic heterocycles. The van der Waals surface area contributed by atoms with Crippen molar-refractivity contribution in [2.24, 2.45) is 0 Å². The Morgan fingerprint density at radius 3 is 2.84 bits per heavy atom. The van der Waals surface area contributed by atoms with Gasteiger partial charge < -0.3 is 14.6 Å². The molecular weight excluding hydrogens is 325 g/mol. The minimum atomic E-state index is -0.306. The second-order valence-corrected chi connectivity index (χ2v) is 5.87. The van der Waals surface area contributed by atoms with Gasteiger partial charge >= 0.3 is 0 Å². The number of hydrogen-bond donors (Lipinski definition) is 1. The largest absolute Gasteiger partial charge is 0.485 e. The molecular formula is C17H20FN5O2. The molecule has 0 fully saturated rings. The van der Waals surface area contributed by atoms with Gasteiger partial charge in [-0.15, -0.1) is 0 Å². The molecule has 2 heterocycles. The summed E-state index contributed by atoms with van der Waals surface area (Å²) in [5.74, 6) is 1.17. The van der Waals surface area contributed by atoms with Crippen molar-refractivity contribution in [2.45, 2.75) is 39.6 Å². The Hall–Kier alpha value is -2.74. The summed E-state index contributed by atoms with van der Waals surface area (Å²) in [6.07, 6.45) is 3.83. The Morgan fingerprint density at radius 2 is 2.12 bits per heavy atom. The van der Waals surface area contributed by atoms with Crippen LogP contribution in [0.3, 0.4) is 0 Å². The number of nitrogens with one attached hydrogen (secondary N) is 1. The molecule has 0 radical (unpaired) electrons. The second kappa shape index (κ2) is 7.89. The second-order valence-electron chi connectivity index (χ2n) is 5.87. The molecule has 0 aliphatic carbocycles. The first-order valence-corrected chi connectivity index (χ1v) is 8.01. The number of benzene rings is 1. The lowest BCUT2D eigenvalue weighted by atomic mass is 10.3. The zero-order valence-electron chi connectivity index (χ0n) is 14.1. The van der Waals surface area contributed by atoms with Gasteiger partial charge in [0.05, 0.1) is 19.3 Å². The average molecular weight is 345 g/mol. The number of ether oxygens (including phenoxy) is 1. The van der Waals surface area contributed by atoms with Crippen LogP contribution < -0.4 is 10.1 Å². The maximum atomic E-state index is 12.8. The number of rotatable bonds is 8. The fraction of sp³-hybridized carbons (Fsp3) is 0.353. The van der Waals surface area contributed by atoms with E-state index in [1.807, 2.05) is 24.0 Å². The summed E-state index contributed by atoms with van der Waals surface area (Å²) in [7, 11) is 0. The predicted octanol–water partition coefficient (Wildman–Crippen LogP) is 2.47. The first-order chi connectivity index (χ1) is 12.1. The first-order valence-electron chi connectivity index (χ1n) is 8.01. The monoisotopic (exact) mass is 345 g/mol. The van der Waals surface area contributed by atoms with Crippen LogP contribution >= 0.6 is 0 Å². The van der Waals surface area contributed by atoms with E-state index in [2.05, 4.69) is 27.5 Å². The molecule has 0 saturated carbocycles. The summed E-state index contributed by atoms with van der Waals surface area (Å²) in [6, 6.07) is 5.98. The van der Waals surface area contributed by atoms with Crippen LogP contribution in [0.25, 0.3) is 0 Å². The van der Waals surface area contributed by atoms with Crippen LogP contribution in [-0.4, -0.2) is 26.0 Å². The molecule has 1 aromatic carbocycles. The molecule has 132 valence electrons. The summed E-state index contributed by atoms with van der Waals surface area (Å²) in [6.45, 7) is 5.45. The van der Waals surface area contributed by atoms with E-state index in [4.69, 9.17) is 9.26 Å². The van der Waals surface area contributed by atoms with Crippen molar-refractivity contribution in [1.82, 2.24) is 25.2 Å². The van der Waals surface area contributed by atoms with Gasteiger partial charge in [0.1, 0.15) is 11.6 Å². The normalized spacial score (nSPS) is 12.3. The number of aromatic nitrogens is 4. The Bertz CT molecular complexity index is 799. The van der Waals surface area contributed by atoms with E-state index in [-0.39, 0.29) is 18.5 Å². The number of nitrogens with zero attached hydrogens (tertiary/aromatic N) is 4. The lowest BCUT2D eigenvalue weighted by Crippen LogP contribution is -2.30. The molecule has 0 amide bonds. The number of hydrogen-bond acceptors (Lipinski definition) is 6. The highest BCUT2D eigenvalue weighted by molar-refractivity contribution is 5.22. The highest BCUT2D eigenvalue weighted by Crippen LogP contribution is 2.12. The van der Waals surface area contributed by atoms with Crippen LogP contribution in [0.2, 0.25) is 0 Å². The Labute approximate surface area is 144 Å². The van der Waals surface area contributed by atoms with Gasteiger partial charge in [-0.25, -0.2) is 4.39 Å². The Balaban J connectivity index is 1.44. The number of halogens is 1. The van der Waals surface area contributed by atoms with Crippen molar-refractivity contribution in [3.8, 4) is 5.75 Å². The van der Waals surface area contributed by atoms with Gasteiger partial charge in [-0.05, 0) is 43.7 Å². The van der Waals surface area contributed by atoms with E-state index >= 15 is 0 Å². The lowest BCUT2D eigenvalue weighted by molar-refractivity contribution is 0.283. The maximum absolute atomic E-state index is 12.8. The van der Waals surface area contributed by atoms with Crippen molar-refractivity contribution >= 4 is 0 Å². The molecule has 7 nitrogen and oxygen atoms in total. The molecule has 0 unspecified atom stereocenters. The zero-order chi connectivity index (χ0) is 17.6. The standard InChI is InChI=1S/C17H20FN5O2/c1-12-7-20-23(9-12)10-13(2)19-8-17-21-16(22-25-17)11-24-15-5-3-14(18)4-6-15/h3-7,9,13,19H,8,10-11H2,1-2H3/t13-/m1/s1. The summed E-state index contributed by atoms with van der Waals surface area (Å²) < 4.78 is 25.4. The van der Waals surface area contributed by atoms with Gasteiger partial charge in [0.15, 0.2) is 6.61 Å². The molecule has 25 heavy (non-hydrogen) atoms. The first kappa shape index (κ1) is 17.1. The van der Waals surface area contributed by atoms with Crippen LogP contribution in [0.4, 0.5) is 4.39 Å². The molecule has 3 rings (SSSR count). The molecule has 0 saturated heterocycles. The molecule has 0 bridgehead atoms. The molecule has 1 N–H and O–H groups in total. The summed E-state index contributed by atoms with van der Waals surface area (Å²) >= 11 is 0. The highest BCUT2D eigenvalue weighted by Gasteiger charge is 2.09. The van der Waals surface area contributed by atoms with E-state index < -0.39 is 0 Å². The van der Waals surface area contributed by atoms with E-state index in [1.165, 1.54) is 12.1 Å². The van der Waals surface area contributed by atoms with Crippen molar-refractivity contribution in [3.63, 3.8) is 0 Å². The van der Waals surface area contributed by atoms with Crippen molar-refractivity contribution in [2.75, 3.05) is 0 Å². The van der Waals surface area contributed by atoms with Gasteiger partial charge in [0, 0.05) is 12.2 Å². The highest BCUT2D eigenvalue weighted by atomic mass is 19.1. The maximum Gasteiger partial charge on any atom is 0.240 e. The van der Waals surface area contributed by atoms with Gasteiger partial charge in [-0.1, -0.05) is 5.16 Å². The third-order valence-corrected chi connectivity index (χ3v) is 3.52. The van der Waals surface area contributed by atoms with E-state index in [0.29, 0.717) is 24.0 Å². The summed E-state index contributed by atoms with van der Waals surface area (Å²) in [5, 5.41) is 11.4. The average Bonchev–Trinajstić information content (AvgIpc) is 3.21. The van der Waals surface area contributed by atoms with E-state index in [0.717, 1.165) is 12.1 Å². The van der Waals surface area contributed by atoms with Gasteiger partial charge in [-0.2, -0.15) is 10.1 Å². The zero-order valence-corrected chi connectivity index (χ0v) is 14.1. The van der Waals surface area contributed by atoms with Crippen molar-refractivity contribution in [3.05, 3.63) is 59.8 Å². The third-order valence-electron chi connectivity index (χ3n) is 3.52. The van der Waals surface area contributed by atoms with Gasteiger partial charge in [-0.3, -0.25) is 4.68 Å². The minimum absolute atomic E-state index is 0.164. The third kappa shape index (κ3) is 5.12. The smallest absolute Gasteiger partial charge is 0.240 e. The molecule has 1 atom stereocenters. The van der Waals surface area contributed by atoms with Crippen LogP contribution in [0, 0.1) is 12.7 Å². The predicted molar refractivity (Wildman–Crippen MR) is 88.3 cm³/mol. The van der Waals surface area contributed by atoms with Crippen molar-refractivity contribution in [1.29, 1.82) is 0 Å². The van der Waals surface area contributed by atoms with Crippen LogP contribution in [-0.2, 0) is 19.7 Å². The van der Waals surface area contributed by atoms with Gasteiger partial charge in [0.25, 0.3) is 0 Å².